The van der Waals surface area contributed by atoms with E-state index in [4.69, 9.17) is 0 Å². The van der Waals surface area contributed by atoms with E-state index in [0.29, 0.717) is 0 Å². The second kappa shape index (κ2) is 1.84. The Morgan fingerprint density at radius 2 is 2.44 bits per heavy atom. The largest absolute Gasteiger partial charge is 0.247 e. The normalized spacial score (nSPS) is 50.7. The number of piperidine rings is 1. The van der Waals surface area contributed by atoms with Crippen LogP contribution in [0.5, 0.6) is 0 Å². The van der Waals surface area contributed by atoms with Crippen molar-refractivity contribution in [1.82, 2.24) is 3.11 Å². The second-order valence-corrected chi connectivity index (χ2v) is 5.04. The van der Waals surface area contributed by atoms with Crippen molar-refractivity contribution in [3.05, 3.63) is 0 Å². The van der Waals surface area contributed by atoms with Crippen LogP contribution in [0.4, 0.5) is 0 Å². The van der Waals surface area contributed by atoms with Gasteiger partial charge in [0.25, 0.3) is 0 Å². The summed E-state index contributed by atoms with van der Waals surface area (Å²) in [6.45, 7) is 5.09. The lowest BCUT2D eigenvalue weighted by molar-refractivity contribution is 0.314. The van der Waals surface area contributed by atoms with Crippen LogP contribution in [-0.2, 0) is 0 Å². The van der Waals surface area contributed by atoms with Crippen molar-refractivity contribution in [2.75, 3.05) is 13.1 Å². The van der Waals surface area contributed by atoms with Crippen LogP contribution in [0.25, 0.3) is 0 Å². The van der Waals surface area contributed by atoms with E-state index in [9.17, 15) is 0 Å². The van der Waals surface area contributed by atoms with Gasteiger partial charge in [-0.25, -0.2) is 3.11 Å². The Labute approximate surface area is 70.3 Å². The van der Waals surface area contributed by atoms with Gasteiger partial charge in [-0.15, -0.1) is 0 Å². The van der Waals surface area contributed by atoms with Gasteiger partial charge in [-0.2, -0.15) is 0 Å². The first-order valence-electron chi connectivity index (χ1n) is 3.61. The highest BCUT2D eigenvalue weighted by atomic mass is 127. The molecule has 2 unspecified atom stereocenters. The van der Waals surface area contributed by atoms with Crippen molar-refractivity contribution < 1.29 is 0 Å². The van der Waals surface area contributed by atoms with Crippen LogP contribution in [-0.4, -0.2) is 16.2 Å². The molecule has 1 saturated carbocycles. The molecule has 0 aromatic heterocycles. The molecule has 1 aliphatic carbocycles. The van der Waals surface area contributed by atoms with E-state index >= 15 is 0 Å². The Kier molecular flexibility index (Phi) is 1.31. The standard InChI is InChI=1S/C7H12IN/c1-7-2-3-9(8)5-6(7)4-7/h6H,2-5H2,1H3. The highest BCUT2D eigenvalue weighted by Crippen LogP contribution is 2.57. The van der Waals surface area contributed by atoms with Gasteiger partial charge in [0.1, 0.15) is 0 Å². The van der Waals surface area contributed by atoms with Gasteiger partial charge in [-0.1, -0.05) is 6.92 Å². The first-order chi connectivity index (χ1) is 4.21. The summed E-state index contributed by atoms with van der Waals surface area (Å²) in [6, 6.07) is 0. The number of rotatable bonds is 0. The number of hydrogen-bond acceptors (Lipinski definition) is 1. The molecule has 1 nitrogen and oxygen atoms in total. The Morgan fingerprint density at radius 1 is 1.67 bits per heavy atom. The van der Waals surface area contributed by atoms with Gasteiger partial charge in [0.15, 0.2) is 0 Å². The van der Waals surface area contributed by atoms with Crippen LogP contribution in [0, 0.1) is 11.3 Å². The lowest BCUT2D eigenvalue weighted by Gasteiger charge is -2.23. The maximum atomic E-state index is 2.44. The monoisotopic (exact) mass is 237 g/mol. The van der Waals surface area contributed by atoms with Crippen LogP contribution >= 0.6 is 22.9 Å². The molecule has 0 spiro atoms. The van der Waals surface area contributed by atoms with Crippen LogP contribution < -0.4 is 0 Å². The van der Waals surface area contributed by atoms with Crippen LogP contribution in [0.3, 0.4) is 0 Å². The third kappa shape index (κ3) is 1.00. The summed E-state index contributed by atoms with van der Waals surface area (Å²) in [7, 11) is 0. The average molecular weight is 237 g/mol. The zero-order valence-corrected chi connectivity index (χ0v) is 7.89. The molecular weight excluding hydrogens is 225 g/mol. The van der Waals surface area contributed by atoms with Gasteiger partial charge in [0.2, 0.25) is 0 Å². The Morgan fingerprint density at radius 3 is 3.00 bits per heavy atom. The van der Waals surface area contributed by atoms with Gasteiger partial charge in [-0.05, 0) is 24.2 Å². The number of nitrogens with zero attached hydrogens (tertiary/aromatic N) is 1. The van der Waals surface area contributed by atoms with Gasteiger partial charge >= 0.3 is 0 Å². The van der Waals surface area contributed by atoms with Crippen molar-refractivity contribution >= 4 is 22.9 Å². The number of fused-ring (bicyclic) bond motifs is 1. The zero-order chi connectivity index (χ0) is 6.48. The maximum Gasteiger partial charge on any atom is 0.0201 e. The number of hydrogen-bond donors (Lipinski definition) is 0. The van der Waals surface area contributed by atoms with Gasteiger partial charge in [0.05, 0.1) is 0 Å². The molecule has 0 N–H and O–H groups in total. The molecule has 2 rings (SSSR count). The third-order valence-corrected chi connectivity index (χ3v) is 3.76. The molecule has 52 valence electrons. The van der Waals surface area contributed by atoms with Crippen LogP contribution in [0.15, 0.2) is 0 Å². The average Bonchev–Trinajstić information content (AvgIpc) is 2.41. The minimum absolute atomic E-state index is 0.779. The molecule has 2 aliphatic rings. The lowest BCUT2D eigenvalue weighted by Crippen LogP contribution is -2.25. The topological polar surface area (TPSA) is 3.24 Å². The lowest BCUT2D eigenvalue weighted by atomic mass is 9.99. The van der Waals surface area contributed by atoms with E-state index in [1.54, 1.807) is 0 Å². The fraction of sp³-hybridized carbons (Fsp3) is 1.00. The van der Waals surface area contributed by atoms with E-state index in [1.807, 2.05) is 0 Å². The molecule has 9 heavy (non-hydrogen) atoms. The maximum absolute atomic E-state index is 2.44. The van der Waals surface area contributed by atoms with Crippen LogP contribution in [0.1, 0.15) is 19.8 Å². The van der Waals surface area contributed by atoms with Crippen molar-refractivity contribution in [3.8, 4) is 0 Å². The molecule has 0 bridgehead atoms. The summed E-state index contributed by atoms with van der Waals surface area (Å²) in [5.41, 5.74) is 0.779. The molecule has 2 heteroatoms. The molecule has 0 aromatic rings. The van der Waals surface area contributed by atoms with Crippen molar-refractivity contribution in [3.63, 3.8) is 0 Å². The minimum atomic E-state index is 0.779. The molecule has 0 aromatic carbocycles. The summed E-state index contributed by atoms with van der Waals surface area (Å²) >= 11 is 2.44. The van der Waals surface area contributed by atoms with Gasteiger partial charge < -0.3 is 0 Å². The summed E-state index contributed by atoms with van der Waals surface area (Å²) in [4.78, 5) is 0. The molecule has 2 fully saturated rings. The smallest absolute Gasteiger partial charge is 0.0201 e. The van der Waals surface area contributed by atoms with Crippen molar-refractivity contribution in [2.45, 2.75) is 19.8 Å². The fourth-order valence-electron chi connectivity index (χ4n) is 1.80. The molecular formula is C7H12IN. The van der Waals surface area contributed by atoms with Gasteiger partial charge in [0, 0.05) is 36.0 Å². The molecule has 1 heterocycles. The Hall–Kier alpha value is 0.690. The van der Waals surface area contributed by atoms with E-state index < -0.39 is 0 Å². The summed E-state index contributed by atoms with van der Waals surface area (Å²) < 4.78 is 2.43. The van der Waals surface area contributed by atoms with Gasteiger partial charge in [-0.3, -0.25) is 0 Å². The molecule has 1 aliphatic heterocycles. The number of halogens is 1. The summed E-state index contributed by atoms with van der Waals surface area (Å²) in [5, 5.41) is 0. The SMILES string of the molecule is CC12CCN(I)CC1C2. The molecule has 0 radical (unpaired) electrons. The first-order valence-corrected chi connectivity index (χ1v) is 4.58. The second-order valence-electron chi connectivity index (χ2n) is 3.67. The van der Waals surface area contributed by atoms with E-state index in [2.05, 4.69) is 32.9 Å². The molecule has 0 amide bonds. The molecule has 1 saturated heterocycles. The Balaban J connectivity index is 2.01. The predicted molar refractivity (Wildman–Crippen MR) is 46.4 cm³/mol. The zero-order valence-electron chi connectivity index (χ0n) is 5.73. The predicted octanol–water partition coefficient (Wildman–Crippen LogP) is 2.07. The highest BCUT2D eigenvalue weighted by Gasteiger charge is 2.52. The fourth-order valence-corrected chi connectivity index (χ4v) is 2.52. The first kappa shape index (κ1) is 6.40. The quantitative estimate of drug-likeness (QED) is 0.460. The van der Waals surface area contributed by atoms with Crippen LogP contribution in [0.2, 0.25) is 0 Å². The third-order valence-electron chi connectivity index (χ3n) is 2.88. The summed E-state index contributed by atoms with van der Waals surface area (Å²) in [6.07, 6.45) is 2.92. The molecule has 2 atom stereocenters. The van der Waals surface area contributed by atoms with Crippen molar-refractivity contribution in [2.24, 2.45) is 11.3 Å². The van der Waals surface area contributed by atoms with E-state index in [-0.39, 0.29) is 0 Å². The summed E-state index contributed by atoms with van der Waals surface area (Å²) in [5.74, 6) is 1.04. The minimum Gasteiger partial charge on any atom is -0.247 e. The highest BCUT2D eigenvalue weighted by molar-refractivity contribution is 14.1. The van der Waals surface area contributed by atoms with Crippen molar-refractivity contribution in [1.29, 1.82) is 0 Å². The van der Waals surface area contributed by atoms with E-state index in [0.717, 1.165) is 11.3 Å². The Bertz CT molecular complexity index is 137. The van der Waals surface area contributed by atoms with E-state index in [1.165, 1.54) is 25.9 Å².